The van der Waals surface area contributed by atoms with Gasteiger partial charge < -0.3 is 9.88 Å². The van der Waals surface area contributed by atoms with Crippen molar-refractivity contribution in [1.29, 1.82) is 0 Å². The Hall–Kier alpha value is -1.06. The molecule has 2 nitrogen and oxygen atoms in total. The van der Waals surface area contributed by atoms with Crippen LogP contribution in [0.25, 0.3) is 0 Å². The van der Waals surface area contributed by atoms with Crippen LogP contribution in [0.4, 0.5) is 0 Å². The minimum absolute atomic E-state index is 0.970. The first-order chi connectivity index (χ1) is 8.18. The van der Waals surface area contributed by atoms with Crippen LogP contribution in [-0.2, 0) is 20.0 Å². The molecule has 2 rings (SSSR count). The van der Waals surface area contributed by atoms with Crippen LogP contribution in [0.1, 0.15) is 22.5 Å². The largest absolute Gasteiger partial charge is 0.352 e. The molecule has 0 fully saturated rings. The summed E-state index contributed by atoms with van der Waals surface area (Å²) >= 11 is 1.77. The Morgan fingerprint density at radius 3 is 2.76 bits per heavy atom. The fourth-order valence-corrected chi connectivity index (χ4v) is 2.71. The second-order valence-corrected chi connectivity index (χ2v) is 5.29. The Bertz CT molecular complexity index is 469. The molecule has 0 spiro atoms. The van der Waals surface area contributed by atoms with Crippen molar-refractivity contribution in [2.24, 2.45) is 7.05 Å². The lowest BCUT2D eigenvalue weighted by Crippen LogP contribution is -2.16. The highest BCUT2D eigenvalue weighted by Crippen LogP contribution is 2.12. The molecule has 0 saturated heterocycles. The third-order valence-corrected chi connectivity index (χ3v) is 4.10. The SMILES string of the molecule is Cc1cc(CNCCc2ccsc2)c(C)n1C. The number of nitrogens with zero attached hydrogens (tertiary/aromatic N) is 1. The summed E-state index contributed by atoms with van der Waals surface area (Å²) in [5.41, 5.74) is 5.54. The average Bonchev–Trinajstić information content (AvgIpc) is 2.90. The topological polar surface area (TPSA) is 17.0 Å². The van der Waals surface area contributed by atoms with Gasteiger partial charge in [0.2, 0.25) is 0 Å². The van der Waals surface area contributed by atoms with Crippen LogP contribution < -0.4 is 5.32 Å². The van der Waals surface area contributed by atoms with E-state index >= 15 is 0 Å². The second-order valence-electron chi connectivity index (χ2n) is 4.51. The van der Waals surface area contributed by atoms with E-state index in [1.165, 1.54) is 22.5 Å². The number of aromatic nitrogens is 1. The summed E-state index contributed by atoms with van der Waals surface area (Å²) in [6.07, 6.45) is 1.12. The molecule has 0 atom stereocenters. The van der Waals surface area contributed by atoms with Crippen molar-refractivity contribution in [3.05, 3.63) is 45.4 Å². The van der Waals surface area contributed by atoms with E-state index in [-0.39, 0.29) is 0 Å². The lowest BCUT2D eigenvalue weighted by Gasteiger charge is -2.04. The molecule has 0 aromatic carbocycles. The number of nitrogens with one attached hydrogen (secondary N) is 1. The van der Waals surface area contributed by atoms with Crippen molar-refractivity contribution < 1.29 is 0 Å². The molecule has 0 aliphatic heterocycles. The average molecular weight is 248 g/mol. The number of hydrogen-bond acceptors (Lipinski definition) is 2. The fourth-order valence-electron chi connectivity index (χ4n) is 2.00. The molecule has 0 radical (unpaired) electrons. The maximum absolute atomic E-state index is 3.51. The lowest BCUT2D eigenvalue weighted by molar-refractivity contribution is 0.682. The molecule has 1 N–H and O–H groups in total. The van der Waals surface area contributed by atoms with Crippen molar-refractivity contribution in [3.63, 3.8) is 0 Å². The van der Waals surface area contributed by atoms with E-state index in [2.05, 4.69) is 53.7 Å². The van der Waals surface area contributed by atoms with Crippen LogP contribution in [0.2, 0.25) is 0 Å². The van der Waals surface area contributed by atoms with E-state index in [4.69, 9.17) is 0 Å². The highest BCUT2D eigenvalue weighted by Gasteiger charge is 2.04. The molecule has 92 valence electrons. The van der Waals surface area contributed by atoms with Crippen molar-refractivity contribution >= 4 is 11.3 Å². The first-order valence-corrected chi connectivity index (χ1v) is 6.96. The first-order valence-electron chi connectivity index (χ1n) is 6.02. The van der Waals surface area contributed by atoms with Crippen LogP contribution in [0.15, 0.2) is 22.9 Å². The Morgan fingerprint density at radius 2 is 2.18 bits per heavy atom. The summed E-state index contributed by atoms with van der Waals surface area (Å²) in [4.78, 5) is 0. The first kappa shape index (κ1) is 12.4. The monoisotopic (exact) mass is 248 g/mol. The number of thiophene rings is 1. The van der Waals surface area contributed by atoms with E-state index in [0.29, 0.717) is 0 Å². The molecule has 2 aromatic rings. The quantitative estimate of drug-likeness (QED) is 0.805. The van der Waals surface area contributed by atoms with E-state index in [1.807, 2.05) is 0 Å². The molecular formula is C14H20N2S. The molecule has 2 heterocycles. The van der Waals surface area contributed by atoms with Crippen molar-refractivity contribution in [3.8, 4) is 0 Å². The summed E-state index contributed by atoms with van der Waals surface area (Å²) < 4.78 is 2.25. The van der Waals surface area contributed by atoms with Gasteiger partial charge in [-0.15, -0.1) is 0 Å². The molecular weight excluding hydrogens is 228 g/mol. The summed E-state index contributed by atoms with van der Waals surface area (Å²) in [5, 5.41) is 7.87. The third-order valence-electron chi connectivity index (χ3n) is 3.37. The van der Waals surface area contributed by atoms with Gasteiger partial charge in [0.15, 0.2) is 0 Å². The zero-order valence-electron chi connectivity index (χ0n) is 10.8. The normalized spacial score (nSPS) is 11.0. The maximum atomic E-state index is 3.51. The van der Waals surface area contributed by atoms with Crippen molar-refractivity contribution in [2.45, 2.75) is 26.8 Å². The van der Waals surface area contributed by atoms with Gasteiger partial charge in [0, 0.05) is 25.0 Å². The summed E-state index contributed by atoms with van der Waals surface area (Å²) in [6, 6.07) is 4.47. The van der Waals surface area contributed by atoms with E-state index < -0.39 is 0 Å². The molecule has 2 aromatic heterocycles. The van der Waals surface area contributed by atoms with Crippen LogP contribution in [-0.4, -0.2) is 11.1 Å². The van der Waals surface area contributed by atoms with Crippen LogP contribution in [0.5, 0.6) is 0 Å². The molecule has 0 saturated carbocycles. The molecule has 0 amide bonds. The zero-order valence-corrected chi connectivity index (χ0v) is 11.6. The number of hydrogen-bond donors (Lipinski definition) is 1. The van der Waals surface area contributed by atoms with Gasteiger partial charge >= 0.3 is 0 Å². The summed E-state index contributed by atoms with van der Waals surface area (Å²) in [7, 11) is 2.12. The van der Waals surface area contributed by atoms with Gasteiger partial charge in [-0.2, -0.15) is 11.3 Å². The Kier molecular flexibility index (Phi) is 4.02. The highest BCUT2D eigenvalue weighted by atomic mass is 32.1. The molecule has 0 unspecified atom stereocenters. The van der Waals surface area contributed by atoms with Crippen LogP contribution in [0, 0.1) is 13.8 Å². The van der Waals surface area contributed by atoms with Gasteiger partial charge in [0.05, 0.1) is 0 Å². The third kappa shape index (κ3) is 2.99. The van der Waals surface area contributed by atoms with Gasteiger partial charge in [0.1, 0.15) is 0 Å². The maximum Gasteiger partial charge on any atom is 0.0223 e. The van der Waals surface area contributed by atoms with E-state index in [0.717, 1.165) is 19.5 Å². The van der Waals surface area contributed by atoms with Gasteiger partial charge in [-0.1, -0.05) is 0 Å². The van der Waals surface area contributed by atoms with Crippen molar-refractivity contribution in [1.82, 2.24) is 9.88 Å². The number of rotatable bonds is 5. The summed E-state index contributed by atoms with van der Waals surface area (Å²) in [5.74, 6) is 0. The summed E-state index contributed by atoms with van der Waals surface area (Å²) in [6.45, 7) is 6.35. The Labute approximate surface area is 107 Å². The van der Waals surface area contributed by atoms with Gasteiger partial charge in [-0.25, -0.2) is 0 Å². The minimum Gasteiger partial charge on any atom is -0.352 e. The van der Waals surface area contributed by atoms with Gasteiger partial charge in [-0.3, -0.25) is 0 Å². The van der Waals surface area contributed by atoms with Crippen molar-refractivity contribution in [2.75, 3.05) is 6.54 Å². The number of aryl methyl sites for hydroxylation is 1. The molecule has 17 heavy (non-hydrogen) atoms. The minimum atomic E-state index is 0.970. The van der Waals surface area contributed by atoms with Crippen LogP contribution in [0.3, 0.4) is 0 Å². The van der Waals surface area contributed by atoms with Crippen LogP contribution >= 0.6 is 11.3 Å². The predicted molar refractivity (Wildman–Crippen MR) is 74.6 cm³/mol. The fraction of sp³-hybridized carbons (Fsp3) is 0.429. The predicted octanol–water partition coefficient (Wildman–Crippen LogP) is 3.04. The molecule has 0 aliphatic carbocycles. The Balaban J connectivity index is 1.80. The van der Waals surface area contributed by atoms with E-state index in [9.17, 15) is 0 Å². The molecule has 0 bridgehead atoms. The zero-order chi connectivity index (χ0) is 12.3. The Morgan fingerprint density at radius 1 is 1.35 bits per heavy atom. The smallest absolute Gasteiger partial charge is 0.0223 e. The lowest BCUT2D eigenvalue weighted by atomic mass is 10.2. The van der Waals surface area contributed by atoms with Gasteiger partial charge in [-0.05, 0) is 60.8 Å². The highest BCUT2D eigenvalue weighted by molar-refractivity contribution is 7.07. The second kappa shape index (κ2) is 5.52. The van der Waals surface area contributed by atoms with E-state index in [1.54, 1.807) is 11.3 Å². The molecule has 3 heteroatoms. The van der Waals surface area contributed by atoms with Gasteiger partial charge in [0.25, 0.3) is 0 Å². The molecule has 0 aliphatic rings. The standard InChI is InChI=1S/C14H20N2S/c1-11-8-14(12(2)16(11)3)9-15-6-4-13-5-7-17-10-13/h5,7-8,10,15H,4,6,9H2,1-3H3.